The molecule has 0 saturated carbocycles. The molecule has 162 valence electrons. The van der Waals surface area contributed by atoms with E-state index < -0.39 is 11.8 Å². The molecule has 3 aromatic rings. The Labute approximate surface area is 202 Å². The van der Waals surface area contributed by atoms with Crippen LogP contribution in [0.1, 0.15) is 43.2 Å². The molecule has 0 bridgehead atoms. The van der Waals surface area contributed by atoms with Crippen LogP contribution in [0.15, 0.2) is 73.7 Å². The zero-order chi connectivity index (χ0) is 23.1. The predicted octanol–water partition coefficient (Wildman–Crippen LogP) is 4.75. The van der Waals surface area contributed by atoms with E-state index >= 15 is 0 Å². The molecule has 0 aliphatic rings. The second-order valence-corrected chi connectivity index (χ2v) is 8.59. The monoisotopic (exact) mass is 555 g/mol. The van der Waals surface area contributed by atoms with Gasteiger partial charge in [0, 0.05) is 8.95 Å². The van der Waals surface area contributed by atoms with Gasteiger partial charge in [0.15, 0.2) is 0 Å². The first-order valence-corrected chi connectivity index (χ1v) is 11.1. The van der Waals surface area contributed by atoms with E-state index in [4.69, 9.17) is 0 Å². The molecule has 0 fully saturated rings. The molecule has 0 radical (unpaired) electrons. The maximum Gasteiger partial charge on any atom is 0.273 e. The highest BCUT2D eigenvalue weighted by atomic mass is 79.9. The lowest BCUT2D eigenvalue weighted by Gasteiger charge is -2.09. The minimum Gasteiger partial charge on any atom is -0.267 e. The van der Waals surface area contributed by atoms with E-state index in [1.165, 1.54) is 18.5 Å². The van der Waals surface area contributed by atoms with Crippen molar-refractivity contribution >= 4 is 56.1 Å². The summed E-state index contributed by atoms with van der Waals surface area (Å²) < 4.78 is 1.90. The third-order valence-electron chi connectivity index (χ3n) is 4.39. The molecule has 2 amide bonds. The highest BCUT2D eigenvalue weighted by Crippen LogP contribution is 2.14. The normalized spacial score (nSPS) is 11.1. The van der Waals surface area contributed by atoms with E-state index in [0.29, 0.717) is 11.4 Å². The molecule has 0 saturated heterocycles. The molecule has 9 heteroatoms. The average molecular weight is 557 g/mol. The van der Waals surface area contributed by atoms with Gasteiger partial charge in [-0.1, -0.05) is 56.1 Å². The number of hydrazone groups is 2. The number of halogens is 2. The van der Waals surface area contributed by atoms with E-state index in [9.17, 15) is 9.59 Å². The molecule has 7 nitrogen and oxygen atoms in total. The Balaban J connectivity index is 1.69. The van der Waals surface area contributed by atoms with E-state index in [-0.39, 0.29) is 11.1 Å². The van der Waals surface area contributed by atoms with Crippen LogP contribution in [0, 0.1) is 13.8 Å². The molecule has 0 spiro atoms. The first-order chi connectivity index (χ1) is 15.3. The van der Waals surface area contributed by atoms with Gasteiger partial charge in [-0.25, -0.2) is 10.9 Å². The van der Waals surface area contributed by atoms with Gasteiger partial charge in [0.2, 0.25) is 0 Å². The van der Waals surface area contributed by atoms with Gasteiger partial charge in [-0.15, -0.1) is 0 Å². The first-order valence-electron chi connectivity index (χ1n) is 9.49. The second kappa shape index (κ2) is 10.9. The molecule has 0 atom stereocenters. The molecule has 0 aliphatic heterocycles. The van der Waals surface area contributed by atoms with E-state index in [1.807, 2.05) is 48.5 Å². The van der Waals surface area contributed by atoms with Gasteiger partial charge >= 0.3 is 0 Å². The zero-order valence-electron chi connectivity index (χ0n) is 17.3. The molecule has 1 aromatic heterocycles. The van der Waals surface area contributed by atoms with Gasteiger partial charge in [-0.2, -0.15) is 10.2 Å². The molecule has 32 heavy (non-hydrogen) atoms. The number of hydrogen-bond donors (Lipinski definition) is 2. The van der Waals surface area contributed by atoms with Crippen LogP contribution in [0.2, 0.25) is 0 Å². The van der Waals surface area contributed by atoms with E-state index in [0.717, 1.165) is 20.1 Å². The zero-order valence-corrected chi connectivity index (χ0v) is 20.4. The van der Waals surface area contributed by atoms with Gasteiger partial charge in [0.1, 0.15) is 0 Å². The second-order valence-electron chi connectivity index (χ2n) is 6.76. The van der Waals surface area contributed by atoms with Crippen molar-refractivity contribution in [3.8, 4) is 0 Å². The number of nitrogens with zero attached hydrogens (tertiary/aromatic N) is 3. The maximum atomic E-state index is 12.6. The van der Waals surface area contributed by atoms with Crippen molar-refractivity contribution in [1.29, 1.82) is 0 Å². The highest BCUT2D eigenvalue weighted by Gasteiger charge is 2.17. The SMILES string of the molecule is Cc1nc(C)c(C(=O)N/N=C/c2ccc(Br)cc2)cc1C(=O)N/N=C/c1ccc(Br)cc1. The number of hydrogen-bond acceptors (Lipinski definition) is 5. The van der Waals surface area contributed by atoms with Crippen molar-refractivity contribution in [2.45, 2.75) is 13.8 Å². The van der Waals surface area contributed by atoms with Gasteiger partial charge < -0.3 is 0 Å². The predicted molar refractivity (Wildman–Crippen MR) is 132 cm³/mol. The van der Waals surface area contributed by atoms with Gasteiger partial charge in [-0.05, 0) is 55.3 Å². The molecule has 2 N–H and O–H groups in total. The largest absolute Gasteiger partial charge is 0.273 e. The Morgan fingerprint density at radius 1 is 0.750 bits per heavy atom. The number of amides is 2. The van der Waals surface area contributed by atoms with E-state index in [1.54, 1.807) is 13.8 Å². The lowest BCUT2D eigenvalue weighted by Crippen LogP contribution is -2.23. The summed E-state index contributed by atoms with van der Waals surface area (Å²) in [5, 5.41) is 7.96. The Morgan fingerprint density at radius 2 is 1.12 bits per heavy atom. The summed E-state index contributed by atoms with van der Waals surface area (Å²) in [5.41, 5.74) is 8.10. The fourth-order valence-corrected chi connectivity index (χ4v) is 3.26. The van der Waals surface area contributed by atoms with Crippen molar-refractivity contribution in [3.05, 3.63) is 97.2 Å². The number of carbonyl (C=O) groups is 2. The molecule has 0 unspecified atom stereocenters. The topological polar surface area (TPSA) is 95.8 Å². The number of rotatable bonds is 6. The number of aryl methyl sites for hydroxylation is 2. The summed E-state index contributed by atoms with van der Waals surface area (Å²) in [6, 6.07) is 16.4. The molecular weight excluding hydrogens is 538 g/mol. The smallest absolute Gasteiger partial charge is 0.267 e. The first kappa shape index (κ1) is 23.5. The van der Waals surface area contributed by atoms with Crippen molar-refractivity contribution in [2.24, 2.45) is 10.2 Å². The van der Waals surface area contributed by atoms with Gasteiger partial charge in [-0.3, -0.25) is 14.6 Å². The van der Waals surface area contributed by atoms with Crippen LogP contribution in [0.25, 0.3) is 0 Å². The van der Waals surface area contributed by atoms with E-state index in [2.05, 4.69) is 57.9 Å². The lowest BCUT2D eigenvalue weighted by molar-refractivity contribution is 0.0954. The van der Waals surface area contributed by atoms with Gasteiger partial charge in [0.05, 0.1) is 34.9 Å². The molecule has 0 aliphatic carbocycles. The lowest BCUT2D eigenvalue weighted by atomic mass is 10.1. The van der Waals surface area contributed by atoms with Crippen LogP contribution in [-0.2, 0) is 0 Å². The van der Waals surface area contributed by atoms with Crippen LogP contribution >= 0.6 is 31.9 Å². The third-order valence-corrected chi connectivity index (χ3v) is 5.45. The van der Waals surface area contributed by atoms with Crippen LogP contribution in [0.5, 0.6) is 0 Å². The number of aromatic nitrogens is 1. The Morgan fingerprint density at radius 3 is 1.50 bits per heavy atom. The molecule has 3 rings (SSSR count). The Kier molecular flexibility index (Phi) is 8.02. The summed E-state index contributed by atoms with van der Waals surface area (Å²) in [6.45, 7) is 3.40. The summed E-state index contributed by atoms with van der Waals surface area (Å²) in [7, 11) is 0. The highest BCUT2D eigenvalue weighted by molar-refractivity contribution is 9.10. The number of pyridine rings is 1. The van der Waals surface area contributed by atoms with Crippen LogP contribution in [0.3, 0.4) is 0 Å². The quantitative estimate of drug-likeness (QED) is 0.339. The molecule has 2 aromatic carbocycles. The molecular formula is C23H19Br2N5O2. The number of carbonyl (C=O) groups excluding carboxylic acids is 2. The third kappa shape index (κ3) is 6.41. The standard InChI is InChI=1S/C23H19Br2N5O2/c1-14-20(22(31)29-26-12-16-3-7-18(24)8-4-16)11-21(15(2)28-14)23(32)30-27-13-17-5-9-19(25)10-6-17/h3-13H,1-2H3,(H,29,31)(H,30,32)/b26-12+,27-13+. The summed E-state index contributed by atoms with van der Waals surface area (Å²) in [6.07, 6.45) is 3.07. The van der Waals surface area contributed by atoms with Crippen molar-refractivity contribution in [3.63, 3.8) is 0 Å². The maximum absolute atomic E-state index is 12.6. The van der Waals surface area contributed by atoms with Crippen molar-refractivity contribution in [1.82, 2.24) is 15.8 Å². The van der Waals surface area contributed by atoms with Crippen LogP contribution in [0.4, 0.5) is 0 Å². The van der Waals surface area contributed by atoms with Crippen molar-refractivity contribution < 1.29 is 9.59 Å². The Bertz CT molecular complexity index is 1100. The number of nitrogens with one attached hydrogen (secondary N) is 2. The minimum atomic E-state index is -0.462. The fourth-order valence-electron chi connectivity index (χ4n) is 2.73. The van der Waals surface area contributed by atoms with Crippen LogP contribution in [-0.4, -0.2) is 29.2 Å². The minimum absolute atomic E-state index is 0.255. The summed E-state index contributed by atoms with van der Waals surface area (Å²) in [4.78, 5) is 29.5. The van der Waals surface area contributed by atoms with Crippen molar-refractivity contribution in [2.75, 3.05) is 0 Å². The Hall–Kier alpha value is -3.17. The number of benzene rings is 2. The summed E-state index contributed by atoms with van der Waals surface area (Å²) in [5.74, 6) is -0.924. The summed E-state index contributed by atoms with van der Waals surface area (Å²) >= 11 is 6.73. The molecule has 1 heterocycles. The fraction of sp³-hybridized carbons (Fsp3) is 0.0870. The van der Waals surface area contributed by atoms with Crippen LogP contribution < -0.4 is 10.9 Å². The average Bonchev–Trinajstić information content (AvgIpc) is 2.76. The van der Waals surface area contributed by atoms with Gasteiger partial charge in [0.25, 0.3) is 11.8 Å².